The minimum atomic E-state index is -3.75. The Balaban J connectivity index is 1.97. The second kappa shape index (κ2) is 12.3. The van der Waals surface area contributed by atoms with Crippen LogP contribution in [0.4, 0.5) is 0 Å². The Bertz CT molecular complexity index is 1120. The predicted octanol–water partition coefficient (Wildman–Crippen LogP) is 2.77. The van der Waals surface area contributed by atoms with Gasteiger partial charge in [0.25, 0.3) is 5.91 Å². The quantitative estimate of drug-likeness (QED) is 0.443. The van der Waals surface area contributed by atoms with Crippen LogP contribution in [0.3, 0.4) is 0 Å². The van der Waals surface area contributed by atoms with Crippen LogP contribution in [-0.2, 0) is 21.2 Å². The van der Waals surface area contributed by atoms with Crippen LogP contribution in [0, 0.1) is 13.8 Å². The number of amides is 1. The van der Waals surface area contributed by atoms with Crippen LogP contribution in [0.1, 0.15) is 33.5 Å². The van der Waals surface area contributed by atoms with Gasteiger partial charge in [0, 0.05) is 52.1 Å². The molecule has 2 aromatic rings. The molecule has 2 rings (SSSR count). The highest BCUT2D eigenvalue weighted by Gasteiger charge is 2.26. The summed E-state index contributed by atoms with van der Waals surface area (Å²) in [6.07, 6.45) is 0.275. The monoisotopic (exact) mass is 503 g/mol. The molecule has 0 atom stereocenters. The van der Waals surface area contributed by atoms with E-state index in [1.165, 1.54) is 18.5 Å². The Labute approximate surface area is 209 Å². The van der Waals surface area contributed by atoms with Gasteiger partial charge in [-0.3, -0.25) is 9.59 Å². The molecule has 0 bridgehead atoms. The van der Waals surface area contributed by atoms with Crippen molar-refractivity contribution in [3.8, 4) is 5.75 Å². The first-order chi connectivity index (χ1) is 16.4. The average molecular weight is 504 g/mol. The lowest BCUT2D eigenvalue weighted by Gasteiger charge is -2.20. The van der Waals surface area contributed by atoms with E-state index in [-0.39, 0.29) is 36.0 Å². The molecule has 8 nitrogen and oxygen atoms in total. The molecule has 0 N–H and O–H groups in total. The molecule has 0 saturated carbocycles. The lowest BCUT2D eigenvalue weighted by Crippen LogP contribution is -2.33. The van der Waals surface area contributed by atoms with E-state index in [9.17, 15) is 18.0 Å². The van der Waals surface area contributed by atoms with Gasteiger partial charge in [-0.25, -0.2) is 12.7 Å². The molecule has 0 radical (unpaired) electrons. The van der Waals surface area contributed by atoms with Crippen molar-refractivity contribution in [1.29, 1.82) is 0 Å². The highest BCUT2D eigenvalue weighted by atomic mass is 32.2. The second-order valence-corrected chi connectivity index (χ2v) is 11.1. The molecule has 0 aromatic heterocycles. The Kier molecular flexibility index (Phi) is 10.00. The van der Waals surface area contributed by atoms with Crippen molar-refractivity contribution in [1.82, 2.24) is 14.1 Å². The third kappa shape index (κ3) is 7.62. The zero-order valence-electron chi connectivity index (χ0n) is 21.8. The van der Waals surface area contributed by atoms with Crippen molar-refractivity contribution in [3.05, 3.63) is 58.7 Å². The van der Waals surface area contributed by atoms with Crippen molar-refractivity contribution in [2.45, 2.75) is 31.6 Å². The fourth-order valence-corrected chi connectivity index (χ4v) is 5.32. The molecule has 0 heterocycles. The van der Waals surface area contributed by atoms with E-state index < -0.39 is 10.0 Å². The molecule has 0 unspecified atom stereocenters. The maximum absolute atomic E-state index is 13.1. The minimum absolute atomic E-state index is 0.0688. The van der Waals surface area contributed by atoms with Gasteiger partial charge in [-0.2, -0.15) is 0 Å². The average Bonchev–Trinajstić information content (AvgIpc) is 2.80. The first-order valence-corrected chi connectivity index (χ1v) is 12.9. The highest BCUT2D eigenvalue weighted by Crippen LogP contribution is 2.27. The summed E-state index contributed by atoms with van der Waals surface area (Å²) in [5.74, 6) is 0.461. The molecule has 0 saturated heterocycles. The topological polar surface area (TPSA) is 87.2 Å². The van der Waals surface area contributed by atoms with Gasteiger partial charge in [0.1, 0.15) is 11.5 Å². The largest absolute Gasteiger partial charge is 0.497 e. The standard InChI is InChI=1S/C26H37N3O5S/c1-19-16-24(34-7)17-20(2)25(19)35(32,33)29(6)13-12-23(30)18-21-8-10-22(11-9-21)26(31)28(5)15-14-27(3)4/h8-11,16-17H,12-15,18H2,1-7H3. The SMILES string of the molecule is COc1cc(C)c(S(=O)(=O)N(C)CCC(=O)Cc2ccc(C(=O)N(C)CCN(C)C)cc2)c(C)c1. The minimum Gasteiger partial charge on any atom is -0.497 e. The summed E-state index contributed by atoms with van der Waals surface area (Å²) in [5.41, 5.74) is 2.55. The second-order valence-electron chi connectivity index (χ2n) is 9.11. The van der Waals surface area contributed by atoms with Crippen molar-refractivity contribution >= 4 is 21.7 Å². The number of rotatable bonds is 12. The van der Waals surface area contributed by atoms with Crippen molar-refractivity contribution in [3.63, 3.8) is 0 Å². The Morgan fingerprint density at radius 1 is 0.886 bits per heavy atom. The van der Waals surface area contributed by atoms with Crippen LogP contribution in [-0.4, -0.2) is 89.1 Å². The summed E-state index contributed by atoms with van der Waals surface area (Å²) in [7, 11) is 4.96. The fourth-order valence-electron chi connectivity index (χ4n) is 3.75. The molecule has 0 aliphatic heterocycles. The van der Waals surface area contributed by atoms with Gasteiger partial charge >= 0.3 is 0 Å². The van der Waals surface area contributed by atoms with Crippen LogP contribution in [0.25, 0.3) is 0 Å². The van der Waals surface area contributed by atoms with Gasteiger partial charge in [-0.1, -0.05) is 12.1 Å². The zero-order valence-corrected chi connectivity index (χ0v) is 22.6. The number of aryl methyl sites for hydroxylation is 2. The third-order valence-corrected chi connectivity index (χ3v) is 8.04. The molecule has 0 aliphatic carbocycles. The van der Waals surface area contributed by atoms with Crippen LogP contribution in [0.5, 0.6) is 5.75 Å². The van der Waals surface area contributed by atoms with Gasteiger partial charge in [-0.15, -0.1) is 0 Å². The number of carbonyl (C=O) groups is 2. The molecule has 0 spiro atoms. The molecular formula is C26H37N3O5S. The third-order valence-electron chi connectivity index (χ3n) is 5.87. The number of sulfonamides is 1. The smallest absolute Gasteiger partial charge is 0.253 e. The molecule has 35 heavy (non-hydrogen) atoms. The van der Waals surface area contributed by atoms with Crippen LogP contribution in [0.2, 0.25) is 0 Å². The summed E-state index contributed by atoms with van der Waals surface area (Å²) in [6.45, 7) is 4.94. The lowest BCUT2D eigenvalue weighted by molar-refractivity contribution is -0.118. The predicted molar refractivity (Wildman–Crippen MR) is 138 cm³/mol. The van der Waals surface area contributed by atoms with Gasteiger partial charge in [0.2, 0.25) is 10.0 Å². The van der Waals surface area contributed by atoms with E-state index >= 15 is 0 Å². The number of ether oxygens (including phenoxy) is 1. The molecule has 1 amide bonds. The summed E-state index contributed by atoms with van der Waals surface area (Å²) < 4.78 is 32.7. The van der Waals surface area contributed by atoms with Crippen LogP contribution in [0.15, 0.2) is 41.3 Å². The normalized spacial score (nSPS) is 11.7. The number of hydrogen-bond donors (Lipinski definition) is 0. The van der Waals surface area contributed by atoms with E-state index in [0.717, 1.165) is 12.1 Å². The first kappa shape index (κ1) is 28.5. The van der Waals surface area contributed by atoms with Crippen LogP contribution >= 0.6 is 0 Å². The maximum atomic E-state index is 13.1. The molecule has 9 heteroatoms. The van der Waals surface area contributed by atoms with Gasteiger partial charge in [0.15, 0.2) is 0 Å². The van der Waals surface area contributed by atoms with Crippen LogP contribution < -0.4 is 4.74 Å². The molecule has 0 fully saturated rings. The van der Waals surface area contributed by atoms with E-state index in [2.05, 4.69) is 0 Å². The summed E-state index contributed by atoms with van der Waals surface area (Å²) in [4.78, 5) is 29.0. The van der Waals surface area contributed by atoms with E-state index in [1.807, 2.05) is 19.0 Å². The van der Waals surface area contributed by atoms with Crippen molar-refractivity contribution in [2.24, 2.45) is 0 Å². The number of ketones is 1. The Morgan fingerprint density at radius 2 is 1.46 bits per heavy atom. The van der Waals surface area contributed by atoms with Crippen molar-refractivity contribution in [2.75, 3.05) is 54.9 Å². The van der Waals surface area contributed by atoms with E-state index in [4.69, 9.17) is 4.74 Å². The number of benzene rings is 2. The van der Waals surface area contributed by atoms with Gasteiger partial charge in [0.05, 0.1) is 12.0 Å². The number of hydrogen-bond acceptors (Lipinski definition) is 6. The molecule has 2 aromatic carbocycles. The molecule has 0 aliphatic rings. The number of likely N-dealkylation sites (N-methyl/N-ethyl adjacent to an activating group) is 2. The Hall–Kier alpha value is -2.75. The summed E-state index contributed by atoms with van der Waals surface area (Å²) in [6, 6.07) is 10.4. The fraction of sp³-hybridized carbons (Fsp3) is 0.462. The van der Waals surface area contributed by atoms with Gasteiger partial charge < -0.3 is 14.5 Å². The number of methoxy groups -OCH3 is 1. The lowest BCUT2D eigenvalue weighted by atomic mass is 10.0. The maximum Gasteiger partial charge on any atom is 0.253 e. The number of nitrogens with zero attached hydrogens (tertiary/aromatic N) is 3. The van der Waals surface area contributed by atoms with E-state index in [0.29, 0.717) is 29.0 Å². The Morgan fingerprint density at radius 3 is 1.97 bits per heavy atom. The van der Waals surface area contributed by atoms with Gasteiger partial charge in [-0.05, 0) is 68.9 Å². The van der Waals surface area contributed by atoms with E-state index in [1.54, 1.807) is 62.2 Å². The zero-order chi connectivity index (χ0) is 26.3. The molecule has 192 valence electrons. The first-order valence-electron chi connectivity index (χ1n) is 11.5. The highest BCUT2D eigenvalue weighted by molar-refractivity contribution is 7.89. The number of carbonyl (C=O) groups excluding carboxylic acids is 2. The number of Topliss-reactive ketones (excluding diaryl/α,β-unsaturated/α-hetero) is 1. The summed E-state index contributed by atoms with van der Waals surface area (Å²) >= 11 is 0. The molecular weight excluding hydrogens is 466 g/mol. The summed E-state index contributed by atoms with van der Waals surface area (Å²) in [5, 5.41) is 0. The van der Waals surface area contributed by atoms with Crippen molar-refractivity contribution < 1.29 is 22.7 Å².